The van der Waals surface area contributed by atoms with Crippen molar-refractivity contribution in [2.24, 2.45) is 4.99 Å². The summed E-state index contributed by atoms with van der Waals surface area (Å²) in [6.07, 6.45) is 0. The number of furan rings is 2. The van der Waals surface area contributed by atoms with Crippen LogP contribution in [0.2, 0.25) is 0 Å². The monoisotopic (exact) mass is 603 g/mol. The molecule has 3 aromatic heterocycles. The lowest BCUT2D eigenvalue weighted by Gasteiger charge is -2.26. The molecule has 0 saturated carbocycles. The standard InChI is InChI=1S/C42H25N3O2/c1-2-12-26-23-33-31(22-25(26)11-1)37-27-13-4-3-10-24(27)20-21-32(37)45(33)42-43-39-29-15-6-8-18-35(29)47-41(39)40(44-42)30-16-9-19-36-38(30)28-14-5-7-17-34(28)46-36/h1-23,40H,(H,43,44). The highest BCUT2D eigenvalue weighted by molar-refractivity contribution is 6.25. The van der Waals surface area contributed by atoms with Crippen LogP contribution in [0.5, 0.6) is 0 Å². The second-order valence-electron chi connectivity index (χ2n) is 12.4. The predicted octanol–water partition coefficient (Wildman–Crippen LogP) is 11.0. The Balaban J connectivity index is 1.25. The molecule has 5 heteroatoms. The number of hydrogen-bond donors (Lipinski definition) is 1. The van der Waals surface area contributed by atoms with Gasteiger partial charge in [-0.25, -0.2) is 4.99 Å². The molecule has 1 aliphatic heterocycles. The van der Waals surface area contributed by atoms with Gasteiger partial charge in [-0.2, -0.15) is 0 Å². The van der Waals surface area contributed by atoms with E-state index in [1.165, 1.54) is 32.3 Å². The largest absolute Gasteiger partial charge is 0.456 e. The summed E-state index contributed by atoms with van der Waals surface area (Å²) in [5.41, 5.74) is 6.66. The van der Waals surface area contributed by atoms with Gasteiger partial charge in [0.05, 0.1) is 11.0 Å². The van der Waals surface area contributed by atoms with E-state index in [9.17, 15) is 0 Å². The zero-order valence-corrected chi connectivity index (χ0v) is 25.1. The van der Waals surface area contributed by atoms with Crippen LogP contribution in [-0.4, -0.2) is 10.5 Å². The fraction of sp³-hybridized carbons (Fsp3) is 0.0238. The molecule has 7 aromatic carbocycles. The quantitative estimate of drug-likeness (QED) is 0.203. The van der Waals surface area contributed by atoms with E-state index in [1.807, 2.05) is 36.4 Å². The third kappa shape index (κ3) is 3.40. The summed E-state index contributed by atoms with van der Waals surface area (Å²) < 4.78 is 15.3. The SMILES string of the molecule is c1ccc2cc3c(cc2c1)c1c2ccccc2ccc1n3C1=Nc2c(oc3ccccc23)C(c2cccc3oc4ccccc4c23)N1. The van der Waals surface area contributed by atoms with Gasteiger partial charge in [0, 0.05) is 26.9 Å². The average Bonchev–Trinajstić information content (AvgIpc) is 3.79. The normalized spacial score (nSPS) is 14.9. The number of nitrogens with one attached hydrogen (secondary N) is 1. The zero-order valence-electron chi connectivity index (χ0n) is 25.1. The van der Waals surface area contributed by atoms with Crippen molar-refractivity contribution in [1.82, 2.24) is 9.88 Å². The van der Waals surface area contributed by atoms with Crippen molar-refractivity contribution in [2.45, 2.75) is 6.04 Å². The summed E-state index contributed by atoms with van der Waals surface area (Å²) in [7, 11) is 0. The molecule has 0 bridgehead atoms. The Morgan fingerprint density at radius 2 is 1.19 bits per heavy atom. The molecule has 1 N–H and O–H groups in total. The highest BCUT2D eigenvalue weighted by Gasteiger charge is 2.33. The van der Waals surface area contributed by atoms with Gasteiger partial charge in [-0.1, -0.05) is 97.1 Å². The van der Waals surface area contributed by atoms with Crippen LogP contribution >= 0.6 is 0 Å². The topological polar surface area (TPSA) is 55.6 Å². The molecule has 0 amide bonds. The van der Waals surface area contributed by atoms with E-state index in [0.717, 1.165) is 66.9 Å². The summed E-state index contributed by atoms with van der Waals surface area (Å²) in [6.45, 7) is 0. The van der Waals surface area contributed by atoms with Crippen molar-refractivity contribution >= 4 is 87.9 Å². The Hall–Kier alpha value is -6.33. The fourth-order valence-corrected chi connectivity index (χ4v) is 7.77. The van der Waals surface area contributed by atoms with Gasteiger partial charge in [-0.15, -0.1) is 0 Å². The summed E-state index contributed by atoms with van der Waals surface area (Å²) in [5.74, 6) is 1.55. The Morgan fingerprint density at radius 1 is 0.511 bits per heavy atom. The van der Waals surface area contributed by atoms with Gasteiger partial charge in [-0.3, -0.25) is 4.57 Å². The van der Waals surface area contributed by atoms with Gasteiger partial charge in [0.1, 0.15) is 28.5 Å². The smallest absolute Gasteiger partial charge is 0.209 e. The number of aliphatic imine (C=N–C) groups is 1. The minimum absolute atomic E-state index is 0.317. The first kappa shape index (κ1) is 24.9. The predicted molar refractivity (Wildman–Crippen MR) is 192 cm³/mol. The summed E-state index contributed by atoms with van der Waals surface area (Å²) >= 11 is 0. The van der Waals surface area contributed by atoms with Crippen LogP contribution in [0.4, 0.5) is 5.69 Å². The van der Waals surface area contributed by atoms with E-state index in [2.05, 4.69) is 113 Å². The molecule has 0 radical (unpaired) electrons. The van der Waals surface area contributed by atoms with Gasteiger partial charge in [0.15, 0.2) is 5.76 Å². The van der Waals surface area contributed by atoms with Crippen LogP contribution in [0, 0.1) is 0 Å². The van der Waals surface area contributed by atoms with Gasteiger partial charge >= 0.3 is 0 Å². The molecular formula is C42H25N3O2. The van der Waals surface area contributed by atoms with E-state index in [0.29, 0.717) is 0 Å². The van der Waals surface area contributed by atoms with E-state index in [1.54, 1.807) is 0 Å². The first-order valence-electron chi connectivity index (χ1n) is 15.9. The molecule has 1 unspecified atom stereocenters. The molecule has 0 aliphatic carbocycles. The van der Waals surface area contributed by atoms with E-state index >= 15 is 0 Å². The summed E-state index contributed by atoms with van der Waals surface area (Å²) in [4.78, 5) is 5.39. The van der Waals surface area contributed by atoms with Gasteiger partial charge in [0.25, 0.3) is 0 Å². The molecule has 0 fully saturated rings. The van der Waals surface area contributed by atoms with Crippen LogP contribution in [0.15, 0.2) is 153 Å². The van der Waals surface area contributed by atoms with Gasteiger partial charge in [0.2, 0.25) is 5.96 Å². The third-order valence-electron chi connectivity index (χ3n) is 9.83. The molecule has 0 spiro atoms. The maximum Gasteiger partial charge on any atom is 0.209 e. The Labute approximate surface area is 267 Å². The Bertz CT molecular complexity index is 2960. The molecular weight excluding hydrogens is 578 g/mol. The summed E-state index contributed by atoms with van der Waals surface area (Å²) in [5, 5.41) is 14.3. The molecule has 220 valence electrons. The molecule has 0 saturated heterocycles. The lowest BCUT2D eigenvalue weighted by atomic mass is 9.96. The molecule has 11 rings (SSSR count). The maximum absolute atomic E-state index is 6.64. The molecule has 47 heavy (non-hydrogen) atoms. The van der Waals surface area contributed by atoms with Gasteiger partial charge in [-0.05, 0) is 69.6 Å². The van der Waals surface area contributed by atoms with Crippen molar-refractivity contribution < 1.29 is 8.83 Å². The first-order valence-corrected chi connectivity index (χ1v) is 15.9. The third-order valence-corrected chi connectivity index (χ3v) is 9.83. The van der Waals surface area contributed by atoms with Crippen molar-refractivity contribution in [3.63, 3.8) is 0 Å². The molecule has 1 aliphatic rings. The zero-order chi connectivity index (χ0) is 30.6. The van der Waals surface area contributed by atoms with Crippen LogP contribution in [0.3, 0.4) is 0 Å². The average molecular weight is 604 g/mol. The second-order valence-corrected chi connectivity index (χ2v) is 12.4. The molecule has 4 heterocycles. The maximum atomic E-state index is 6.64. The highest BCUT2D eigenvalue weighted by atomic mass is 16.3. The van der Waals surface area contributed by atoms with E-state index in [4.69, 9.17) is 13.8 Å². The number of para-hydroxylation sites is 2. The van der Waals surface area contributed by atoms with Crippen LogP contribution in [0.1, 0.15) is 17.4 Å². The number of fused-ring (bicyclic) bond motifs is 12. The number of rotatable bonds is 1. The highest BCUT2D eigenvalue weighted by Crippen LogP contribution is 2.46. The van der Waals surface area contributed by atoms with Crippen molar-refractivity contribution in [3.8, 4) is 0 Å². The van der Waals surface area contributed by atoms with Crippen LogP contribution < -0.4 is 5.32 Å². The van der Waals surface area contributed by atoms with Crippen molar-refractivity contribution in [2.75, 3.05) is 0 Å². The fourth-order valence-electron chi connectivity index (χ4n) is 7.77. The molecule has 5 nitrogen and oxygen atoms in total. The van der Waals surface area contributed by atoms with Gasteiger partial charge < -0.3 is 14.2 Å². The molecule has 10 aromatic rings. The first-order chi connectivity index (χ1) is 23.3. The summed E-state index contributed by atoms with van der Waals surface area (Å²) in [6, 6.07) is 48.7. The lowest BCUT2D eigenvalue weighted by Crippen LogP contribution is -2.36. The van der Waals surface area contributed by atoms with Crippen LogP contribution in [-0.2, 0) is 0 Å². The number of benzene rings is 7. The minimum atomic E-state index is -0.317. The number of aromatic nitrogens is 1. The van der Waals surface area contributed by atoms with E-state index < -0.39 is 0 Å². The Kier molecular flexibility index (Phi) is 4.83. The van der Waals surface area contributed by atoms with Crippen LogP contribution in [0.25, 0.3) is 76.3 Å². The van der Waals surface area contributed by atoms with Crippen molar-refractivity contribution in [3.05, 3.63) is 151 Å². The lowest BCUT2D eigenvalue weighted by molar-refractivity contribution is 0.502. The molecule has 1 atom stereocenters. The minimum Gasteiger partial charge on any atom is -0.456 e. The Morgan fingerprint density at radius 3 is 2.04 bits per heavy atom. The number of hydrogen-bond acceptors (Lipinski definition) is 4. The van der Waals surface area contributed by atoms with E-state index in [-0.39, 0.29) is 6.04 Å². The second kappa shape index (κ2) is 9.12. The number of nitrogens with zero attached hydrogens (tertiary/aromatic N) is 2. The van der Waals surface area contributed by atoms with Crippen molar-refractivity contribution in [1.29, 1.82) is 0 Å².